The summed E-state index contributed by atoms with van der Waals surface area (Å²) >= 11 is 0. The molecule has 0 aliphatic carbocycles. The van der Waals surface area contributed by atoms with Crippen molar-refractivity contribution in [2.45, 2.75) is 31.3 Å². The molecule has 0 spiro atoms. The summed E-state index contributed by atoms with van der Waals surface area (Å²) in [5.41, 5.74) is 11.0. The van der Waals surface area contributed by atoms with E-state index >= 15 is 0 Å². The number of hydrogen-bond acceptors (Lipinski definition) is 6. The largest absolute Gasteiger partial charge is 0.480 e. The monoisotopic (exact) mass is 339 g/mol. The van der Waals surface area contributed by atoms with Crippen LogP contribution in [0.1, 0.15) is 19.3 Å². The maximum absolute atomic E-state index is 11.7. The average molecular weight is 339 g/mol. The highest BCUT2D eigenvalue weighted by molar-refractivity contribution is 5.89. The normalized spacial score (nSPS) is 15.0. The lowest BCUT2D eigenvalue weighted by Crippen LogP contribution is -2.48. The first-order chi connectivity index (χ1) is 11.3. The van der Waals surface area contributed by atoms with Gasteiger partial charge in [-0.1, -0.05) is 0 Å². The predicted octanol–water partition coefficient (Wildman–Crippen LogP) is -2.86. The lowest BCUT2D eigenvalue weighted by Gasteiger charge is -2.15. The van der Waals surface area contributed by atoms with E-state index in [1.54, 1.807) is 0 Å². The lowest BCUT2D eigenvalue weighted by atomic mass is 10.1. The van der Waals surface area contributed by atoms with Crippen LogP contribution in [0.2, 0.25) is 0 Å². The Hall–Kier alpha value is -2.95. The van der Waals surface area contributed by atoms with Gasteiger partial charge < -0.3 is 27.2 Å². The number of aliphatic imine (C=N–C) groups is 1. The molecule has 2 atom stereocenters. The second kappa shape index (κ2) is 9.25. The number of amides is 3. The lowest BCUT2D eigenvalue weighted by molar-refractivity contribution is -0.138. The minimum Gasteiger partial charge on any atom is -0.480 e. The number of carbonyl (C=O) groups is 4. The smallest absolute Gasteiger partial charge is 0.320 e. The summed E-state index contributed by atoms with van der Waals surface area (Å²) in [6, 6.07) is -2.12. The zero-order valence-corrected chi connectivity index (χ0v) is 12.8. The molecule has 0 aromatic rings. The number of hydrogen-bond donors (Lipinski definition) is 5. The second-order valence-electron chi connectivity index (χ2n) is 5.00. The molecule has 7 N–H and O–H groups in total. The molecule has 0 saturated carbocycles. The summed E-state index contributed by atoms with van der Waals surface area (Å²) in [6.45, 7) is -0.377. The molecule has 3 amide bonds. The Labute approximate surface area is 137 Å². The van der Waals surface area contributed by atoms with Gasteiger partial charge in [0.25, 0.3) is 0 Å². The van der Waals surface area contributed by atoms with Crippen molar-refractivity contribution >= 4 is 30.0 Å². The minimum absolute atomic E-state index is 0.0532. The van der Waals surface area contributed by atoms with Gasteiger partial charge in [-0.25, -0.2) is 10.3 Å². The fourth-order valence-electron chi connectivity index (χ4n) is 1.72. The van der Waals surface area contributed by atoms with Gasteiger partial charge >= 0.3 is 5.97 Å². The van der Waals surface area contributed by atoms with E-state index in [-0.39, 0.29) is 25.8 Å². The SMILES string of the molecule is NC(=O)[C@H](CC1=CN=C[N]1)NC(=O)CNC(=O)CC[C@H](N)C(=O)O. The molecule has 0 aromatic heterocycles. The van der Waals surface area contributed by atoms with E-state index < -0.39 is 35.8 Å². The average Bonchev–Trinajstić information content (AvgIpc) is 3.02. The van der Waals surface area contributed by atoms with E-state index in [0.29, 0.717) is 5.70 Å². The Morgan fingerprint density at radius 3 is 2.50 bits per heavy atom. The molecule has 11 nitrogen and oxygen atoms in total. The summed E-state index contributed by atoms with van der Waals surface area (Å²) in [7, 11) is 0. The van der Waals surface area contributed by atoms with Gasteiger partial charge in [0.15, 0.2) is 0 Å². The number of nitrogens with one attached hydrogen (secondary N) is 2. The number of aliphatic carboxylic acids is 1. The van der Waals surface area contributed by atoms with Gasteiger partial charge in [0.2, 0.25) is 17.7 Å². The van der Waals surface area contributed by atoms with Crippen LogP contribution in [0.15, 0.2) is 16.9 Å². The molecule has 0 saturated heterocycles. The molecule has 0 bridgehead atoms. The Kier molecular flexibility index (Phi) is 7.36. The molecule has 1 radical (unpaired) electrons. The third-order valence-corrected chi connectivity index (χ3v) is 3.05. The van der Waals surface area contributed by atoms with Crippen molar-refractivity contribution in [3.05, 3.63) is 11.9 Å². The van der Waals surface area contributed by atoms with Crippen LogP contribution in [0.5, 0.6) is 0 Å². The Morgan fingerprint density at radius 2 is 1.96 bits per heavy atom. The zero-order chi connectivity index (χ0) is 18.1. The fourth-order valence-corrected chi connectivity index (χ4v) is 1.72. The van der Waals surface area contributed by atoms with Gasteiger partial charge in [-0.15, -0.1) is 0 Å². The highest BCUT2D eigenvalue weighted by Crippen LogP contribution is 2.06. The highest BCUT2D eigenvalue weighted by atomic mass is 16.4. The maximum Gasteiger partial charge on any atom is 0.320 e. The number of nitrogens with zero attached hydrogens (tertiary/aromatic N) is 2. The fraction of sp³-hybridized carbons (Fsp3) is 0.462. The molecule has 0 aromatic carbocycles. The van der Waals surface area contributed by atoms with Crippen LogP contribution in [-0.2, 0) is 19.2 Å². The number of primary amides is 1. The first-order valence-corrected chi connectivity index (χ1v) is 7.05. The third-order valence-electron chi connectivity index (χ3n) is 3.05. The molecule has 0 unspecified atom stereocenters. The maximum atomic E-state index is 11.7. The molecular formula is C13H19N6O5. The van der Waals surface area contributed by atoms with Crippen LogP contribution >= 0.6 is 0 Å². The first-order valence-electron chi connectivity index (χ1n) is 7.05. The van der Waals surface area contributed by atoms with Crippen molar-refractivity contribution in [2.24, 2.45) is 16.5 Å². The molecule has 1 aliphatic heterocycles. The number of carboxylic acid groups (broad SMARTS) is 1. The van der Waals surface area contributed by atoms with E-state index in [4.69, 9.17) is 16.6 Å². The molecule has 0 fully saturated rings. The molecule has 131 valence electrons. The van der Waals surface area contributed by atoms with Gasteiger partial charge in [0.05, 0.1) is 18.4 Å². The molecule has 11 heteroatoms. The number of carboxylic acids is 1. The van der Waals surface area contributed by atoms with Gasteiger partial charge in [-0.05, 0) is 6.42 Å². The minimum atomic E-state index is -1.21. The summed E-state index contributed by atoms with van der Waals surface area (Å²) < 4.78 is 0. The third kappa shape index (κ3) is 6.87. The van der Waals surface area contributed by atoms with Gasteiger partial charge in [-0.2, -0.15) is 0 Å². The van der Waals surface area contributed by atoms with Crippen LogP contribution < -0.4 is 27.4 Å². The number of nitrogens with two attached hydrogens (primary N) is 2. The quantitative estimate of drug-likeness (QED) is 0.284. The Balaban J connectivity index is 2.33. The zero-order valence-electron chi connectivity index (χ0n) is 12.8. The predicted molar refractivity (Wildman–Crippen MR) is 82.3 cm³/mol. The number of rotatable bonds is 10. The molecular weight excluding hydrogens is 320 g/mol. The molecule has 24 heavy (non-hydrogen) atoms. The van der Waals surface area contributed by atoms with E-state index in [2.05, 4.69) is 20.9 Å². The van der Waals surface area contributed by atoms with Crippen LogP contribution in [0.3, 0.4) is 0 Å². The standard InChI is InChI=1S/C13H19N6O5/c14-8(13(23)24)1-2-10(20)17-5-11(21)19-9(12(15)22)3-7-4-16-6-18-7/h4,6,8-9H,1-3,5,14H2,(H2,15,22)(H,17,20)(H,19,21)(H,23,24)/t8-,9-/m0/s1. The van der Waals surface area contributed by atoms with E-state index in [0.717, 1.165) is 0 Å². The van der Waals surface area contributed by atoms with Gasteiger partial charge in [-0.3, -0.25) is 19.2 Å². The van der Waals surface area contributed by atoms with E-state index in [9.17, 15) is 19.2 Å². The van der Waals surface area contributed by atoms with Crippen LogP contribution in [0.25, 0.3) is 0 Å². The topological polar surface area (TPSA) is 191 Å². The summed E-state index contributed by atoms with van der Waals surface area (Å²) in [4.78, 5) is 48.8. The van der Waals surface area contributed by atoms with E-state index in [1.165, 1.54) is 12.5 Å². The van der Waals surface area contributed by atoms with E-state index in [1.807, 2.05) is 0 Å². The highest BCUT2D eigenvalue weighted by Gasteiger charge is 2.21. The van der Waals surface area contributed by atoms with Crippen molar-refractivity contribution in [2.75, 3.05) is 6.54 Å². The summed E-state index contributed by atoms with van der Waals surface area (Å²) in [5, 5.41) is 17.1. The van der Waals surface area contributed by atoms with Crippen LogP contribution in [0, 0.1) is 0 Å². The van der Waals surface area contributed by atoms with Crippen molar-refractivity contribution in [3.8, 4) is 0 Å². The van der Waals surface area contributed by atoms with Gasteiger partial charge in [0.1, 0.15) is 18.4 Å². The molecule has 1 aliphatic rings. The van der Waals surface area contributed by atoms with Crippen molar-refractivity contribution in [3.63, 3.8) is 0 Å². The Bertz CT molecular complexity index is 573. The van der Waals surface area contributed by atoms with Crippen molar-refractivity contribution in [1.29, 1.82) is 0 Å². The molecule has 1 rings (SSSR count). The number of carbonyl (C=O) groups excluding carboxylic acids is 3. The molecule has 1 heterocycles. The van der Waals surface area contributed by atoms with Crippen LogP contribution in [-0.4, -0.2) is 53.8 Å². The van der Waals surface area contributed by atoms with Crippen molar-refractivity contribution in [1.82, 2.24) is 16.0 Å². The first kappa shape index (κ1) is 19.1. The Morgan fingerprint density at radius 1 is 1.25 bits per heavy atom. The van der Waals surface area contributed by atoms with Crippen LogP contribution in [0.4, 0.5) is 0 Å². The summed E-state index contributed by atoms with van der Waals surface area (Å²) in [6.07, 6.45) is 2.64. The second-order valence-corrected chi connectivity index (χ2v) is 5.00. The summed E-state index contributed by atoms with van der Waals surface area (Å²) in [5.74, 6) is -3.10. The van der Waals surface area contributed by atoms with Crippen molar-refractivity contribution < 1.29 is 24.3 Å². The van der Waals surface area contributed by atoms with Gasteiger partial charge in [0, 0.05) is 12.8 Å².